The van der Waals surface area contributed by atoms with Gasteiger partial charge in [0.05, 0.1) is 5.56 Å². The monoisotopic (exact) mass is 344 g/mol. The van der Waals surface area contributed by atoms with Crippen molar-refractivity contribution < 1.29 is 4.79 Å². The molecule has 1 amide bonds. The molecule has 0 spiro atoms. The summed E-state index contributed by atoms with van der Waals surface area (Å²) in [7, 11) is 0. The van der Waals surface area contributed by atoms with Crippen LogP contribution < -0.4 is 10.6 Å². The largest absolute Gasteiger partial charge is 0.350 e. The third-order valence-corrected chi connectivity index (χ3v) is 4.47. The SMILES string of the molecule is O=C(NC1CCCCC1)c1cnc(NCc2ccc(Cl)cc2)nc1. The lowest BCUT2D eigenvalue weighted by Gasteiger charge is -2.22. The van der Waals surface area contributed by atoms with Gasteiger partial charge in [0.1, 0.15) is 0 Å². The Morgan fingerprint density at radius 1 is 1.08 bits per heavy atom. The predicted octanol–water partition coefficient (Wildman–Crippen LogP) is 3.80. The fourth-order valence-corrected chi connectivity index (χ4v) is 2.96. The summed E-state index contributed by atoms with van der Waals surface area (Å²) in [6.07, 6.45) is 8.90. The van der Waals surface area contributed by atoms with E-state index in [1.165, 1.54) is 19.3 Å². The van der Waals surface area contributed by atoms with Crippen LogP contribution in [0.1, 0.15) is 48.0 Å². The Kier molecular flexibility index (Phi) is 5.64. The van der Waals surface area contributed by atoms with E-state index in [-0.39, 0.29) is 11.9 Å². The van der Waals surface area contributed by atoms with Gasteiger partial charge in [0.15, 0.2) is 0 Å². The minimum atomic E-state index is -0.0915. The van der Waals surface area contributed by atoms with Crippen LogP contribution in [0.4, 0.5) is 5.95 Å². The van der Waals surface area contributed by atoms with Gasteiger partial charge in [-0.15, -0.1) is 0 Å². The van der Waals surface area contributed by atoms with E-state index < -0.39 is 0 Å². The highest BCUT2D eigenvalue weighted by atomic mass is 35.5. The molecule has 1 aliphatic carbocycles. The molecule has 6 heteroatoms. The van der Waals surface area contributed by atoms with Gasteiger partial charge in [-0.25, -0.2) is 9.97 Å². The minimum Gasteiger partial charge on any atom is -0.350 e. The molecule has 24 heavy (non-hydrogen) atoms. The van der Waals surface area contributed by atoms with Crippen LogP contribution in [0.15, 0.2) is 36.7 Å². The molecule has 1 heterocycles. The number of amides is 1. The van der Waals surface area contributed by atoms with E-state index in [9.17, 15) is 4.79 Å². The van der Waals surface area contributed by atoms with Crippen LogP contribution in [0.3, 0.4) is 0 Å². The first-order valence-corrected chi connectivity index (χ1v) is 8.70. The van der Waals surface area contributed by atoms with Crippen molar-refractivity contribution in [3.8, 4) is 0 Å². The Hall–Kier alpha value is -2.14. The number of carbonyl (C=O) groups excluding carboxylic acids is 1. The second-order valence-electron chi connectivity index (χ2n) is 6.08. The Bertz CT molecular complexity index is 666. The molecule has 3 rings (SSSR count). The maximum atomic E-state index is 12.2. The lowest BCUT2D eigenvalue weighted by atomic mass is 9.95. The number of halogens is 1. The summed E-state index contributed by atoms with van der Waals surface area (Å²) in [5.41, 5.74) is 1.58. The lowest BCUT2D eigenvalue weighted by molar-refractivity contribution is 0.0927. The number of aromatic nitrogens is 2. The maximum Gasteiger partial charge on any atom is 0.254 e. The van der Waals surface area contributed by atoms with Gasteiger partial charge in [-0.3, -0.25) is 4.79 Å². The second kappa shape index (κ2) is 8.11. The van der Waals surface area contributed by atoms with E-state index in [1.54, 1.807) is 12.4 Å². The number of benzene rings is 1. The number of nitrogens with zero attached hydrogens (tertiary/aromatic N) is 2. The average Bonchev–Trinajstić information content (AvgIpc) is 2.62. The van der Waals surface area contributed by atoms with Crippen molar-refractivity contribution in [1.29, 1.82) is 0 Å². The molecule has 0 atom stereocenters. The van der Waals surface area contributed by atoms with Gasteiger partial charge < -0.3 is 10.6 Å². The maximum absolute atomic E-state index is 12.2. The van der Waals surface area contributed by atoms with Crippen LogP contribution in [0.25, 0.3) is 0 Å². The Labute approximate surface area is 146 Å². The van der Waals surface area contributed by atoms with Gasteiger partial charge in [-0.1, -0.05) is 43.0 Å². The van der Waals surface area contributed by atoms with Crippen molar-refractivity contribution in [2.45, 2.75) is 44.7 Å². The number of hydrogen-bond acceptors (Lipinski definition) is 4. The van der Waals surface area contributed by atoms with Crippen molar-refractivity contribution in [1.82, 2.24) is 15.3 Å². The zero-order valence-corrected chi connectivity index (χ0v) is 14.2. The number of carbonyl (C=O) groups is 1. The predicted molar refractivity (Wildman–Crippen MR) is 95.1 cm³/mol. The van der Waals surface area contributed by atoms with Gasteiger partial charge in [0.25, 0.3) is 5.91 Å². The first-order valence-electron chi connectivity index (χ1n) is 8.32. The summed E-state index contributed by atoms with van der Waals surface area (Å²) in [6.45, 7) is 0.602. The number of hydrogen-bond donors (Lipinski definition) is 2. The van der Waals surface area contributed by atoms with Gasteiger partial charge in [-0.2, -0.15) is 0 Å². The fraction of sp³-hybridized carbons (Fsp3) is 0.389. The van der Waals surface area contributed by atoms with Gasteiger partial charge in [0, 0.05) is 30.0 Å². The average molecular weight is 345 g/mol. The van der Waals surface area contributed by atoms with Gasteiger partial charge in [-0.05, 0) is 30.5 Å². The van der Waals surface area contributed by atoms with Crippen LogP contribution in [0.5, 0.6) is 0 Å². The van der Waals surface area contributed by atoms with Crippen molar-refractivity contribution >= 4 is 23.5 Å². The Morgan fingerprint density at radius 2 is 1.75 bits per heavy atom. The fourth-order valence-electron chi connectivity index (χ4n) is 2.84. The molecule has 1 aliphatic rings. The molecule has 5 nitrogen and oxygen atoms in total. The summed E-state index contributed by atoms with van der Waals surface area (Å²) < 4.78 is 0. The highest BCUT2D eigenvalue weighted by Crippen LogP contribution is 2.17. The minimum absolute atomic E-state index is 0.0915. The normalized spacial score (nSPS) is 15.0. The molecule has 0 bridgehead atoms. The summed E-state index contributed by atoms with van der Waals surface area (Å²) >= 11 is 5.86. The summed E-state index contributed by atoms with van der Waals surface area (Å²) in [5, 5.41) is 6.91. The number of rotatable bonds is 5. The topological polar surface area (TPSA) is 66.9 Å². The van der Waals surface area contributed by atoms with Gasteiger partial charge >= 0.3 is 0 Å². The van der Waals surface area contributed by atoms with E-state index in [0.29, 0.717) is 23.1 Å². The molecular weight excluding hydrogens is 324 g/mol. The summed E-state index contributed by atoms with van der Waals surface area (Å²) in [4.78, 5) is 20.6. The molecule has 1 saturated carbocycles. The first kappa shape index (κ1) is 16.7. The molecule has 0 radical (unpaired) electrons. The summed E-state index contributed by atoms with van der Waals surface area (Å²) in [6, 6.07) is 7.87. The molecule has 2 N–H and O–H groups in total. The molecular formula is C18H21ClN4O. The van der Waals surface area contributed by atoms with E-state index in [0.717, 1.165) is 18.4 Å². The van der Waals surface area contributed by atoms with Crippen LogP contribution in [0, 0.1) is 0 Å². The number of anilines is 1. The Morgan fingerprint density at radius 3 is 2.42 bits per heavy atom. The van der Waals surface area contributed by atoms with E-state index >= 15 is 0 Å². The second-order valence-corrected chi connectivity index (χ2v) is 6.52. The molecule has 0 unspecified atom stereocenters. The molecule has 126 valence electrons. The highest BCUT2D eigenvalue weighted by Gasteiger charge is 2.17. The van der Waals surface area contributed by atoms with Crippen LogP contribution in [-0.4, -0.2) is 21.9 Å². The lowest BCUT2D eigenvalue weighted by Crippen LogP contribution is -2.36. The van der Waals surface area contributed by atoms with Crippen molar-refractivity contribution in [3.63, 3.8) is 0 Å². The molecule has 0 aliphatic heterocycles. The number of nitrogens with one attached hydrogen (secondary N) is 2. The summed E-state index contributed by atoms with van der Waals surface area (Å²) in [5.74, 6) is 0.408. The quantitative estimate of drug-likeness (QED) is 0.865. The zero-order chi connectivity index (χ0) is 16.8. The van der Waals surface area contributed by atoms with Crippen LogP contribution in [0.2, 0.25) is 5.02 Å². The molecule has 1 aromatic heterocycles. The van der Waals surface area contributed by atoms with Crippen molar-refractivity contribution in [3.05, 3.63) is 52.8 Å². The zero-order valence-electron chi connectivity index (χ0n) is 13.5. The molecule has 0 saturated heterocycles. The van der Waals surface area contributed by atoms with Gasteiger partial charge in [0.2, 0.25) is 5.95 Å². The van der Waals surface area contributed by atoms with Crippen molar-refractivity contribution in [2.24, 2.45) is 0 Å². The smallest absolute Gasteiger partial charge is 0.254 e. The third kappa shape index (κ3) is 4.68. The standard InChI is InChI=1S/C18H21ClN4O/c19-15-8-6-13(7-9-15)10-20-18-21-11-14(12-22-18)17(24)23-16-4-2-1-3-5-16/h6-9,11-12,16H,1-5,10H2,(H,23,24)(H,20,21,22). The third-order valence-electron chi connectivity index (χ3n) is 4.22. The van der Waals surface area contributed by atoms with Crippen LogP contribution >= 0.6 is 11.6 Å². The van der Waals surface area contributed by atoms with E-state index in [1.807, 2.05) is 24.3 Å². The van der Waals surface area contributed by atoms with Crippen molar-refractivity contribution in [2.75, 3.05) is 5.32 Å². The molecule has 2 aromatic rings. The van der Waals surface area contributed by atoms with Crippen LogP contribution in [-0.2, 0) is 6.54 Å². The highest BCUT2D eigenvalue weighted by molar-refractivity contribution is 6.30. The van der Waals surface area contributed by atoms with E-state index in [4.69, 9.17) is 11.6 Å². The molecule has 1 fully saturated rings. The Balaban J connectivity index is 1.52. The first-order chi connectivity index (χ1) is 11.7. The molecule has 1 aromatic carbocycles. The van der Waals surface area contributed by atoms with E-state index in [2.05, 4.69) is 20.6 Å².